The molecule has 0 spiro atoms. The summed E-state index contributed by atoms with van der Waals surface area (Å²) in [6.45, 7) is 6.20. The zero-order valence-electron chi connectivity index (χ0n) is 15.5. The lowest BCUT2D eigenvalue weighted by Crippen LogP contribution is -2.32. The fourth-order valence-electron chi connectivity index (χ4n) is 3.23. The van der Waals surface area contributed by atoms with Crippen LogP contribution < -0.4 is 15.5 Å². The van der Waals surface area contributed by atoms with Gasteiger partial charge in [0.1, 0.15) is 5.82 Å². The van der Waals surface area contributed by atoms with Crippen LogP contribution >= 0.6 is 12.2 Å². The molecule has 2 aromatic rings. The summed E-state index contributed by atoms with van der Waals surface area (Å²) in [7, 11) is 0. The normalized spacial score (nSPS) is 15.8. The predicted octanol–water partition coefficient (Wildman–Crippen LogP) is 4.21. The number of rotatable bonds is 4. The summed E-state index contributed by atoms with van der Waals surface area (Å²) in [6, 6.07) is 12.4. The lowest BCUT2D eigenvalue weighted by atomic mass is 10.1. The number of nitrogens with zero attached hydrogens (tertiary/aromatic N) is 3. The van der Waals surface area contributed by atoms with Gasteiger partial charge in [-0.2, -0.15) is 4.98 Å². The van der Waals surface area contributed by atoms with E-state index in [2.05, 4.69) is 45.6 Å². The SMILES string of the molecule is Cc1cc(N2CCCCCC2)nc(NC(=S)N[C@H](C)c2ccccc2)n1. The molecule has 1 aliphatic heterocycles. The number of hydrogen-bond acceptors (Lipinski definition) is 4. The van der Waals surface area contributed by atoms with Gasteiger partial charge in [0.2, 0.25) is 5.95 Å². The van der Waals surface area contributed by atoms with Crippen LogP contribution in [-0.2, 0) is 0 Å². The third-order valence-corrected chi connectivity index (χ3v) is 4.86. The molecular formula is C20H27N5S. The first-order chi connectivity index (χ1) is 12.6. The summed E-state index contributed by atoms with van der Waals surface area (Å²) in [5.41, 5.74) is 2.13. The van der Waals surface area contributed by atoms with Crippen molar-refractivity contribution in [3.05, 3.63) is 47.7 Å². The van der Waals surface area contributed by atoms with Gasteiger partial charge in [0, 0.05) is 24.8 Å². The van der Waals surface area contributed by atoms with Crippen molar-refractivity contribution in [1.29, 1.82) is 0 Å². The molecule has 1 fully saturated rings. The van der Waals surface area contributed by atoms with E-state index in [0.717, 1.165) is 24.6 Å². The van der Waals surface area contributed by atoms with Crippen LogP contribution in [0.4, 0.5) is 11.8 Å². The molecule has 0 amide bonds. The number of hydrogen-bond donors (Lipinski definition) is 2. The Balaban J connectivity index is 1.66. The van der Waals surface area contributed by atoms with Gasteiger partial charge in [0.05, 0.1) is 6.04 Å². The van der Waals surface area contributed by atoms with E-state index in [4.69, 9.17) is 17.2 Å². The van der Waals surface area contributed by atoms with Crippen molar-refractivity contribution in [2.45, 2.75) is 45.6 Å². The highest BCUT2D eigenvalue weighted by Gasteiger charge is 2.14. The molecule has 0 unspecified atom stereocenters. The first kappa shape index (κ1) is 18.6. The van der Waals surface area contributed by atoms with Gasteiger partial charge in [-0.25, -0.2) is 4.98 Å². The van der Waals surface area contributed by atoms with Gasteiger partial charge in [0.25, 0.3) is 0 Å². The Hall–Kier alpha value is -2.21. The standard InChI is InChI=1S/C20H27N5S/c1-15-14-18(25-12-8-3-4-9-13-25)23-19(21-15)24-20(26)22-16(2)17-10-6-5-7-11-17/h5-7,10-11,14,16H,3-4,8-9,12-13H2,1-2H3,(H2,21,22,23,24,26)/t16-/m1/s1. The van der Waals surface area contributed by atoms with Gasteiger partial charge in [0.15, 0.2) is 5.11 Å². The molecule has 2 N–H and O–H groups in total. The summed E-state index contributed by atoms with van der Waals surface area (Å²) in [5.74, 6) is 1.54. The fourth-order valence-corrected chi connectivity index (χ4v) is 3.50. The number of anilines is 2. The minimum absolute atomic E-state index is 0.117. The Labute approximate surface area is 161 Å². The van der Waals surface area contributed by atoms with Crippen LogP contribution in [0.3, 0.4) is 0 Å². The molecule has 1 saturated heterocycles. The third kappa shape index (κ3) is 5.14. The van der Waals surface area contributed by atoms with Crippen LogP contribution in [0.15, 0.2) is 36.4 Å². The minimum atomic E-state index is 0.117. The zero-order chi connectivity index (χ0) is 18.4. The van der Waals surface area contributed by atoms with E-state index >= 15 is 0 Å². The average Bonchev–Trinajstić information content (AvgIpc) is 2.91. The van der Waals surface area contributed by atoms with Gasteiger partial charge in [-0.15, -0.1) is 0 Å². The van der Waals surface area contributed by atoms with Crippen molar-refractivity contribution < 1.29 is 0 Å². The molecule has 2 heterocycles. The van der Waals surface area contributed by atoms with Crippen molar-refractivity contribution in [3.63, 3.8) is 0 Å². The molecule has 5 nitrogen and oxygen atoms in total. The van der Waals surface area contributed by atoms with Crippen molar-refractivity contribution >= 4 is 29.1 Å². The van der Waals surface area contributed by atoms with E-state index in [9.17, 15) is 0 Å². The van der Waals surface area contributed by atoms with Gasteiger partial charge < -0.3 is 15.5 Å². The maximum atomic E-state index is 5.46. The van der Waals surface area contributed by atoms with Gasteiger partial charge in [-0.1, -0.05) is 43.2 Å². The summed E-state index contributed by atoms with van der Waals surface area (Å²) in [5, 5.41) is 6.99. The van der Waals surface area contributed by atoms with Gasteiger partial charge in [-0.05, 0) is 44.5 Å². The molecule has 3 rings (SSSR count). The van der Waals surface area contributed by atoms with E-state index < -0.39 is 0 Å². The lowest BCUT2D eigenvalue weighted by Gasteiger charge is -2.22. The lowest BCUT2D eigenvalue weighted by molar-refractivity contribution is 0.722. The van der Waals surface area contributed by atoms with Crippen LogP contribution in [0, 0.1) is 6.92 Å². The predicted molar refractivity (Wildman–Crippen MR) is 112 cm³/mol. The number of aromatic nitrogens is 2. The van der Waals surface area contributed by atoms with Crippen LogP contribution in [0.2, 0.25) is 0 Å². The van der Waals surface area contributed by atoms with Crippen LogP contribution in [-0.4, -0.2) is 28.2 Å². The van der Waals surface area contributed by atoms with Gasteiger partial charge in [-0.3, -0.25) is 0 Å². The summed E-state index contributed by atoms with van der Waals surface area (Å²) in [6.07, 6.45) is 5.05. The molecule has 1 atom stereocenters. The Morgan fingerprint density at radius 3 is 2.46 bits per heavy atom. The molecular weight excluding hydrogens is 342 g/mol. The Kier molecular flexibility index (Phi) is 6.39. The molecule has 138 valence electrons. The van der Waals surface area contributed by atoms with E-state index in [1.54, 1.807) is 0 Å². The highest BCUT2D eigenvalue weighted by atomic mass is 32.1. The molecule has 0 saturated carbocycles. The highest BCUT2D eigenvalue weighted by Crippen LogP contribution is 2.19. The fraction of sp³-hybridized carbons (Fsp3) is 0.450. The van der Waals surface area contributed by atoms with Crippen LogP contribution in [0.5, 0.6) is 0 Å². The number of aryl methyl sites for hydroxylation is 1. The molecule has 0 aliphatic carbocycles. The smallest absolute Gasteiger partial charge is 0.231 e. The summed E-state index contributed by atoms with van der Waals surface area (Å²) in [4.78, 5) is 11.5. The summed E-state index contributed by atoms with van der Waals surface area (Å²) < 4.78 is 0. The molecule has 0 bridgehead atoms. The monoisotopic (exact) mass is 369 g/mol. The molecule has 6 heteroatoms. The van der Waals surface area contributed by atoms with Crippen molar-refractivity contribution in [2.24, 2.45) is 0 Å². The topological polar surface area (TPSA) is 53.1 Å². The Bertz CT molecular complexity index is 726. The third-order valence-electron chi connectivity index (χ3n) is 4.64. The number of benzene rings is 1. The van der Waals surface area contributed by atoms with Crippen molar-refractivity contribution in [1.82, 2.24) is 15.3 Å². The van der Waals surface area contributed by atoms with Crippen LogP contribution in [0.25, 0.3) is 0 Å². The number of thiocarbonyl (C=S) groups is 1. The first-order valence-electron chi connectivity index (χ1n) is 9.35. The van der Waals surface area contributed by atoms with E-state index in [1.807, 2.05) is 25.1 Å². The molecule has 1 aromatic heterocycles. The van der Waals surface area contributed by atoms with E-state index in [1.165, 1.54) is 31.2 Å². The molecule has 26 heavy (non-hydrogen) atoms. The van der Waals surface area contributed by atoms with Crippen molar-refractivity contribution in [3.8, 4) is 0 Å². The summed E-state index contributed by atoms with van der Waals surface area (Å²) >= 11 is 5.46. The first-order valence-corrected chi connectivity index (χ1v) is 9.76. The average molecular weight is 370 g/mol. The second-order valence-electron chi connectivity index (χ2n) is 6.82. The zero-order valence-corrected chi connectivity index (χ0v) is 16.4. The molecule has 1 aromatic carbocycles. The Morgan fingerprint density at radius 1 is 1.08 bits per heavy atom. The maximum absolute atomic E-state index is 5.46. The van der Waals surface area contributed by atoms with E-state index in [0.29, 0.717) is 11.1 Å². The van der Waals surface area contributed by atoms with E-state index in [-0.39, 0.29) is 6.04 Å². The largest absolute Gasteiger partial charge is 0.356 e. The Morgan fingerprint density at radius 2 is 1.77 bits per heavy atom. The van der Waals surface area contributed by atoms with Crippen LogP contribution in [0.1, 0.15) is 49.9 Å². The minimum Gasteiger partial charge on any atom is -0.356 e. The second kappa shape index (κ2) is 8.94. The highest BCUT2D eigenvalue weighted by molar-refractivity contribution is 7.80. The maximum Gasteiger partial charge on any atom is 0.231 e. The molecule has 1 aliphatic rings. The van der Waals surface area contributed by atoms with Crippen molar-refractivity contribution in [2.75, 3.05) is 23.3 Å². The number of nitrogens with one attached hydrogen (secondary N) is 2. The quantitative estimate of drug-likeness (QED) is 0.787. The van der Waals surface area contributed by atoms with Gasteiger partial charge >= 0.3 is 0 Å². The molecule has 0 radical (unpaired) electrons. The second-order valence-corrected chi connectivity index (χ2v) is 7.23.